The van der Waals surface area contributed by atoms with Gasteiger partial charge >= 0.3 is 6.09 Å². The lowest BCUT2D eigenvalue weighted by Crippen LogP contribution is -2.28. The minimum atomic E-state index is -0.518. The Balaban J connectivity index is 1.84. The van der Waals surface area contributed by atoms with Crippen LogP contribution in [0.15, 0.2) is 42.7 Å². The molecule has 0 bridgehead atoms. The topological polar surface area (TPSA) is 85.2 Å². The maximum absolute atomic E-state index is 11.8. The Kier molecular flexibility index (Phi) is 5.53. The Labute approximate surface area is 128 Å². The van der Waals surface area contributed by atoms with Gasteiger partial charge < -0.3 is 15.4 Å². The third-order valence-corrected chi connectivity index (χ3v) is 2.80. The number of rotatable bonds is 6. The van der Waals surface area contributed by atoms with Crippen LogP contribution in [0.3, 0.4) is 0 Å². The van der Waals surface area contributed by atoms with Crippen molar-refractivity contribution in [1.29, 1.82) is 0 Å². The number of benzene rings is 1. The van der Waals surface area contributed by atoms with Gasteiger partial charge in [0.15, 0.2) is 0 Å². The smallest absolute Gasteiger partial charge is 0.407 e. The first kappa shape index (κ1) is 15.6. The zero-order valence-electron chi connectivity index (χ0n) is 12.3. The fraction of sp³-hybridized carbons (Fsp3) is 0.267. The number of nitrogens with one attached hydrogen (secondary N) is 2. The summed E-state index contributed by atoms with van der Waals surface area (Å²) in [5.74, 6) is -0.186. The van der Waals surface area contributed by atoms with E-state index in [4.69, 9.17) is 4.74 Å². The summed E-state index contributed by atoms with van der Waals surface area (Å²) in [6, 6.07) is 9.17. The number of anilines is 1. The van der Waals surface area contributed by atoms with E-state index in [0.717, 1.165) is 5.69 Å². The van der Waals surface area contributed by atoms with Gasteiger partial charge in [0.1, 0.15) is 0 Å². The van der Waals surface area contributed by atoms with Crippen LogP contribution >= 0.6 is 0 Å². The van der Waals surface area contributed by atoms with Crippen molar-refractivity contribution in [2.45, 2.75) is 13.3 Å². The zero-order chi connectivity index (χ0) is 15.8. The molecule has 116 valence electrons. The van der Waals surface area contributed by atoms with Crippen molar-refractivity contribution in [2.75, 3.05) is 18.5 Å². The summed E-state index contributed by atoms with van der Waals surface area (Å²) in [6.45, 7) is 2.25. The number of ether oxygens (including phenoxy) is 1. The second kappa shape index (κ2) is 7.82. The van der Waals surface area contributed by atoms with Gasteiger partial charge in [-0.05, 0) is 31.2 Å². The van der Waals surface area contributed by atoms with Crippen LogP contribution in [-0.4, -0.2) is 34.9 Å². The summed E-state index contributed by atoms with van der Waals surface area (Å²) in [5.41, 5.74) is 1.53. The van der Waals surface area contributed by atoms with E-state index < -0.39 is 6.09 Å². The molecular formula is C15H18N4O3. The molecular weight excluding hydrogens is 284 g/mol. The van der Waals surface area contributed by atoms with Crippen LogP contribution in [0.5, 0.6) is 0 Å². The van der Waals surface area contributed by atoms with Gasteiger partial charge in [0.25, 0.3) is 0 Å². The molecule has 0 atom stereocenters. The first-order chi connectivity index (χ1) is 10.7. The number of hydrogen-bond donors (Lipinski definition) is 2. The molecule has 2 aromatic rings. The standard InChI is InChI=1S/C15H18N4O3/c1-2-22-15(21)16-9-7-14(20)18-12-5-3-6-13(11-12)19-10-4-8-17-19/h3-6,8,10-11H,2,7,9H2,1H3,(H,16,21)(H,18,20). The second-order valence-corrected chi connectivity index (χ2v) is 4.45. The van der Waals surface area contributed by atoms with Gasteiger partial charge in [0, 0.05) is 31.0 Å². The Morgan fingerprint density at radius 2 is 2.18 bits per heavy atom. The molecule has 0 aliphatic carbocycles. The highest BCUT2D eigenvalue weighted by molar-refractivity contribution is 5.91. The molecule has 7 nitrogen and oxygen atoms in total. The highest BCUT2D eigenvalue weighted by Crippen LogP contribution is 2.13. The van der Waals surface area contributed by atoms with Gasteiger partial charge in [0.2, 0.25) is 5.91 Å². The monoisotopic (exact) mass is 302 g/mol. The Morgan fingerprint density at radius 1 is 1.32 bits per heavy atom. The van der Waals surface area contributed by atoms with Crippen LogP contribution in [-0.2, 0) is 9.53 Å². The van der Waals surface area contributed by atoms with Gasteiger partial charge in [-0.1, -0.05) is 6.07 Å². The van der Waals surface area contributed by atoms with Crippen molar-refractivity contribution in [1.82, 2.24) is 15.1 Å². The third kappa shape index (κ3) is 4.62. The fourth-order valence-electron chi connectivity index (χ4n) is 1.83. The molecule has 22 heavy (non-hydrogen) atoms. The molecule has 0 aliphatic rings. The van der Waals surface area contributed by atoms with Gasteiger partial charge in [-0.3, -0.25) is 4.79 Å². The van der Waals surface area contributed by atoms with Crippen LogP contribution in [0.25, 0.3) is 5.69 Å². The number of amides is 2. The van der Waals surface area contributed by atoms with Crippen LogP contribution in [0, 0.1) is 0 Å². The number of nitrogens with zero attached hydrogens (tertiary/aromatic N) is 2. The molecule has 2 rings (SSSR count). The molecule has 0 fully saturated rings. The number of hydrogen-bond acceptors (Lipinski definition) is 4. The average Bonchev–Trinajstić information content (AvgIpc) is 3.02. The quantitative estimate of drug-likeness (QED) is 0.854. The maximum Gasteiger partial charge on any atom is 0.407 e. The number of carbonyl (C=O) groups is 2. The van der Waals surface area contributed by atoms with Gasteiger partial charge in [0.05, 0.1) is 12.3 Å². The second-order valence-electron chi connectivity index (χ2n) is 4.45. The van der Waals surface area contributed by atoms with Crippen molar-refractivity contribution in [2.24, 2.45) is 0 Å². The normalized spacial score (nSPS) is 10.0. The minimum absolute atomic E-state index is 0.171. The van der Waals surface area contributed by atoms with E-state index in [1.807, 2.05) is 30.5 Å². The highest BCUT2D eigenvalue weighted by atomic mass is 16.5. The van der Waals surface area contributed by atoms with E-state index in [1.54, 1.807) is 23.9 Å². The van der Waals surface area contributed by atoms with E-state index in [0.29, 0.717) is 12.3 Å². The third-order valence-electron chi connectivity index (χ3n) is 2.80. The molecule has 1 aromatic carbocycles. The lowest BCUT2D eigenvalue weighted by Gasteiger charge is -2.08. The number of aromatic nitrogens is 2. The van der Waals surface area contributed by atoms with Crippen molar-refractivity contribution in [3.63, 3.8) is 0 Å². The van der Waals surface area contributed by atoms with Crippen molar-refractivity contribution >= 4 is 17.7 Å². The molecule has 0 saturated carbocycles. The van der Waals surface area contributed by atoms with E-state index >= 15 is 0 Å². The molecule has 2 N–H and O–H groups in total. The minimum Gasteiger partial charge on any atom is -0.450 e. The molecule has 0 aliphatic heterocycles. The largest absolute Gasteiger partial charge is 0.450 e. The van der Waals surface area contributed by atoms with Gasteiger partial charge in [-0.15, -0.1) is 0 Å². The Bertz CT molecular complexity index is 625. The van der Waals surface area contributed by atoms with Gasteiger partial charge in [-0.25, -0.2) is 9.48 Å². The van der Waals surface area contributed by atoms with E-state index in [9.17, 15) is 9.59 Å². The van der Waals surface area contributed by atoms with Crippen LogP contribution in [0.2, 0.25) is 0 Å². The Morgan fingerprint density at radius 3 is 2.91 bits per heavy atom. The molecule has 0 saturated heterocycles. The predicted octanol–water partition coefficient (Wildman–Crippen LogP) is 1.95. The van der Waals surface area contributed by atoms with Crippen LogP contribution in [0.1, 0.15) is 13.3 Å². The molecule has 1 heterocycles. The molecule has 0 unspecified atom stereocenters. The summed E-state index contributed by atoms with van der Waals surface area (Å²) in [6.07, 6.45) is 3.16. The lowest BCUT2D eigenvalue weighted by atomic mass is 10.2. The number of carbonyl (C=O) groups excluding carboxylic acids is 2. The molecule has 1 aromatic heterocycles. The summed E-state index contributed by atoms with van der Waals surface area (Å²) in [4.78, 5) is 22.9. The lowest BCUT2D eigenvalue weighted by molar-refractivity contribution is -0.116. The maximum atomic E-state index is 11.8. The van der Waals surface area contributed by atoms with Crippen molar-refractivity contribution < 1.29 is 14.3 Å². The van der Waals surface area contributed by atoms with Crippen molar-refractivity contribution in [3.05, 3.63) is 42.7 Å². The first-order valence-electron chi connectivity index (χ1n) is 6.99. The summed E-state index contributed by atoms with van der Waals surface area (Å²) in [5, 5.41) is 9.41. The predicted molar refractivity (Wildman–Crippen MR) is 81.8 cm³/mol. The van der Waals surface area contributed by atoms with Crippen LogP contribution < -0.4 is 10.6 Å². The summed E-state index contributed by atoms with van der Waals surface area (Å²) in [7, 11) is 0. The van der Waals surface area contributed by atoms with E-state index in [-0.39, 0.29) is 18.9 Å². The molecule has 0 spiro atoms. The summed E-state index contributed by atoms with van der Waals surface area (Å²) >= 11 is 0. The number of alkyl carbamates (subject to hydrolysis) is 1. The first-order valence-corrected chi connectivity index (χ1v) is 6.99. The Hall–Kier alpha value is -2.83. The van der Waals surface area contributed by atoms with Crippen molar-refractivity contribution in [3.8, 4) is 5.69 Å². The van der Waals surface area contributed by atoms with E-state index in [2.05, 4.69) is 15.7 Å². The summed E-state index contributed by atoms with van der Waals surface area (Å²) < 4.78 is 6.41. The highest BCUT2D eigenvalue weighted by Gasteiger charge is 2.05. The zero-order valence-corrected chi connectivity index (χ0v) is 12.3. The van der Waals surface area contributed by atoms with E-state index in [1.165, 1.54) is 0 Å². The average molecular weight is 302 g/mol. The van der Waals surface area contributed by atoms with Gasteiger partial charge in [-0.2, -0.15) is 5.10 Å². The van der Waals surface area contributed by atoms with Crippen LogP contribution in [0.4, 0.5) is 10.5 Å². The molecule has 7 heteroatoms. The fourth-order valence-corrected chi connectivity index (χ4v) is 1.83. The SMILES string of the molecule is CCOC(=O)NCCC(=O)Nc1cccc(-n2cccn2)c1. The molecule has 2 amide bonds. The molecule has 0 radical (unpaired) electrons.